The maximum Gasteiger partial charge on any atom is 0.238 e. The number of aromatic nitrogens is 5. The molecule has 174 valence electrons. The molecule has 0 radical (unpaired) electrons. The van der Waals surface area contributed by atoms with Crippen LogP contribution in [0.25, 0.3) is 17.1 Å². The Bertz CT molecular complexity index is 1320. The fraction of sp³-hybridized carbons (Fsp3) is 0.250. The van der Waals surface area contributed by atoms with Crippen molar-refractivity contribution in [1.82, 2.24) is 24.5 Å². The van der Waals surface area contributed by atoms with Gasteiger partial charge in [-0.05, 0) is 51.1 Å². The second-order valence-electron chi connectivity index (χ2n) is 8.05. The molecule has 5 rings (SSSR count). The third kappa shape index (κ3) is 4.24. The minimum absolute atomic E-state index is 0.138. The van der Waals surface area contributed by atoms with Gasteiger partial charge in [0.25, 0.3) is 0 Å². The predicted octanol–water partition coefficient (Wildman–Crippen LogP) is 4.56. The van der Waals surface area contributed by atoms with Crippen LogP contribution in [0, 0.1) is 0 Å². The second-order valence-corrected chi connectivity index (χ2v) is 9.36. The van der Waals surface area contributed by atoms with Crippen LogP contribution < -0.4 is 14.8 Å². The molecule has 9 nitrogen and oxygen atoms in total. The molecule has 3 heterocycles. The van der Waals surface area contributed by atoms with Crippen molar-refractivity contribution in [3.05, 3.63) is 60.8 Å². The Morgan fingerprint density at radius 3 is 2.62 bits per heavy atom. The molecule has 0 spiro atoms. The third-order valence-electron chi connectivity index (χ3n) is 5.34. The van der Waals surface area contributed by atoms with Crippen molar-refractivity contribution >= 4 is 23.5 Å². The highest BCUT2D eigenvalue weighted by atomic mass is 32.2. The van der Waals surface area contributed by atoms with Gasteiger partial charge >= 0.3 is 0 Å². The zero-order valence-electron chi connectivity index (χ0n) is 19.0. The first-order chi connectivity index (χ1) is 16.5. The number of ether oxygens (including phenoxy) is 2. The average molecular weight is 477 g/mol. The van der Waals surface area contributed by atoms with Crippen molar-refractivity contribution < 1.29 is 14.3 Å². The van der Waals surface area contributed by atoms with E-state index in [4.69, 9.17) is 9.47 Å². The Morgan fingerprint density at radius 2 is 1.82 bits per heavy atom. The molecule has 1 amide bonds. The normalized spacial score (nSPS) is 13.3. The molecular weight excluding hydrogens is 452 g/mol. The average Bonchev–Trinajstić information content (AvgIpc) is 3.58. The van der Waals surface area contributed by atoms with E-state index in [9.17, 15) is 4.79 Å². The lowest BCUT2D eigenvalue weighted by molar-refractivity contribution is -0.115. The van der Waals surface area contributed by atoms with Crippen LogP contribution in [0.3, 0.4) is 0 Å². The van der Waals surface area contributed by atoms with Crippen LogP contribution in [0.1, 0.15) is 26.8 Å². The first kappa shape index (κ1) is 22.0. The number of nitrogens with zero attached hydrogens (tertiary/aromatic N) is 5. The van der Waals surface area contributed by atoms with E-state index in [1.165, 1.54) is 11.8 Å². The summed E-state index contributed by atoms with van der Waals surface area (Å²) in [5, 5.41) is 16.3. The smallest absolute Gasteiger partial charge is 0.238 e. The molecule has 1 aliphatic rings. The van der Waals surface area contributed by atoms with Crippen LogP contribution in [0.15, 0.2) is 66.0 Å². The molecule has 10 heteroatoms. The van der Waals surface area contributed by atoms with Crippen molar-refractivity contribution in [2.75, 3.05) is 12.1 Å². The third-order valence-corrected chi connectivity index (χ3v) is 6.38. The van der Waals surface area contributed by atoms with Crippen LogP contribution in [0.2, 0.25) is 0 Å². The number of nitrogens with one attached hydrogen (secondary N) is 1. The Hall–Kier alpha value is -3.79. The van der Waals surface area contributed by atoms with Gasteiger partial charge in [0.15, 0.2) is 22.5 Å². The van der Waals surface area contributed by atoms with Crippen molar-refractivity contribution in [2.24, 2.45) is 0 Å². The molecule has 0 saturated carbocycles. The van der Waals surface area contributed by atoms with Crippen LogP contribution in [0.5, 0.6) is 11.5 Å². The van der Waals surface area contributed by atoms with E-state index >= 15 is 0 Å². The van der Waals surface area contributed by atoms with E-state index in [1.807, 2.05) is 73.9 Å². The van der Waals surface area contributed by atoms with Gasteiger partial charge in [0.05, 0.1) is 11.4 Å². The van der Waals surface area contributed by atoms with Gasteiger partial charge in [-0.3, -0.25) is 9.36 Å². The number of hydrogen-bond acceptors (Lipinski definition) is 7. The number of rotatable bonds is 7. The van der Waals surface area contributed by atoms with Gasteiger partial charge in [-0.15, -0.1) is 10.2 Å². The highest BCUT2D eigenvalue weighted by Gasteiger charge is 2.24. The number of thioether (sulfide) groups is 1. The number of anilines is 1. The quantitative estimate of drug-likeness (QED) is 0.391. The molecule has 1 atom stereocenters. The summed E-state index contributed by atoms with van der Waals surface area (Å²) in [5.74, 6) is 2.55. The number of carbonyl (C=O) groups excluding carboxylic acids is 1. The highest BCUT2D eigenvalue weighted by molar-refractivity contribution is 8.00. The molecule has 0 saturated heterocycles. The maximum atomic E-state index is 13.0. The van der Waals surface area contributed by atoms with E-state index in [0.717, 1.165) is 11.3 Å². The summed E-state index contributed by atoms with van der Waals surface area (Å²) in [6.07, 6.45) is 1.68. The summed E-state index contributed by atoms with van der Waals surface area (Å²) in [4.78, 5) is 13.0. The molecule has 0 bridgehead atoms. The lowest BCUT2D eigenvalue weighted by Gasteiger charge is -2.15. The fourth-order valence-corrected chi connectivity index (χ4v) is 4.51. The maximum absolute atomic E-state index is 13.0. The number of amides is 1. The molecule has 2 aromatic heterocycles. The second kappa shape index (κ2) is 9.22. The zero-order chi connectivity index (χ0) is 23.7. The monoisotopic (exact) mass is 476 g/mol. The van der Waals surface area contributed by atoms with Gasteiger partial charge in [-0.25, -0.2) is 4.68 Å². The summed E-state index contributed by atoms with van der Waals surface area (Å²) in [5.41, 5.74) is 1.73. The standard InChI is InChI=1S/C24H24N6O3S/c1-15(2)30-21(11-12-25-30)26-23(31)16(3)34-24-28-27-22(29(24)18-7-5-4-6-8-18)17-9-10-19-20(13-17)33-14-32-19/h4-13,15-16H,14H2,1-3H3,(H,26,31)/t16-/m1/s1. The van der Waals surface area contributed by atoms with Crippen molar-refractivity contribution in [3.8, 4) is 28.6 Å². The van der Waals surface area contributed by atoms with Crippen LogP contribution in [-0.2, 0) is 4.79 Å². The van der Waals surface area contributed by atoms with Gasteiger partial charge in [0.2, 0.25) is 12.7 Å². The number of hydrogen-bond donors (Lipinski definition) is 1. The summed E-state index contributed by atoms with van der Waals surface area (Å²) in [7, 11) is 0. The molecule has 0 aliphatic carbocycles. The lowest BCUT2D eigenvalue weighted by Crippen LogP contribution is -2.25. The highest BCUT2D eigenvalue weighted by Crippen LogP contribution is 2.37. The Labute approximate surface area is 201 Å². The predicted molar refractivity (Wildman–Crippen MR) is 129 cm³/mol. The van der Waals surface area contributed by atoms with Gasteiger partial charge in [0.1, 0.15) is 5.82 Å². The summed E-state index contributed by atoms with van der Waals surface area (Å²) >= 11 is 1.34. The molecule has 2 aromatic carbocycles. The largest absolute Gasteiger partial charge is 0.454 e. The lowest BCUT2D eigenvalue weighted by atomic mass is 10.2. The van der Waals surface area contributed by atoms with Crippen molar-refractivity contribution in [1.29, 1.82) is 0 Å². The number of para-hydroxylation sites is 1. The molecule has 1 aliphatic heterocycles. The molecule has 34 heavy (non-hydrogen) atoms. The Kier molecular flexibility index (Phi) is 5.97. The minimum Gasteiger partial charge on any atom is -0.454 e. The van der Waals surface area contributed by atoms with Gasteiger partial charge in [-0.1, -0.05) is 30.0 Å². The summed E-state index contributed by atoms with van der Waals surface area (Å²) < 4.78 is 14.7. The number of carbonyl (C=O) groups is 1. The van der Waals surface area contributed by atoms with E-state index in [0.29, 0.717) is 28.3 Å². The van der Waals surface area contributed by atoms with Crippen molar-refractivity contribution in [3.63, 3.8) is 0 Å². The number of benzene rings is 2. The van der Waals surface area contributed by atoms with E-state index < -0.39 is 5.25 Å². The summed E-state index contributed by atoms with van der Waals surface area (Å²) in [6, 6.07) is 17.4. The number of fused-ring (bicyclic) bond motifs is 1. The van der Waals surface area contributed by atoms with Gasteiger partial charge in [-0.2, -0.15) is 5.10 Å². The molecule has 0 unspecified atom stereocenters. The van der Waals surface area contributed by atoms with Crippen molar-refractivity contribution in [2.45, 2.75) is 37.2 Å². The molecule has 4 aromatic rings. The Morgan fingerprint density at radius 1 is 1.03 bits per heavy atom. The molecule has 0 fully saturated rings. The SMILES string of the molecule is CC(C)n1nccc1NC(=O)[C@@H](C)Sc1nnc(-c2ccc3c(c2)OCO3)n1-c1ccccc1. The van der Waals surface area contributed by atoms with Gasteiger partial charge < -0.3 is 14.8 Å². The van der Waals surface area contributed by atoms with Crippen LogP contribution in [-0.4, -0.2) is 42.5 Å². The minimum atomic E-state index is -0.424. The molecule has 1 N–H and O–H groups in total. The van der Waals surface area contributed by atoms with E-state index in [-0.39, 0.29) is 18.7 Å². The van der Waals surface area contributed by atoms with Gasteiger partial charge in [0, 0.05) is 23.4 Å². The van der Waals surface area contributed by atoms with E-state index in [1.54, 1.807) is 16.9 Å². The zero-order valence-corrected chi connectivity index (χ0v) is 19.8. The van der Waals surface area contributed by atoms with E-state index in [2.05, 4.69) is 20.6 Å². The first-order valence-electron chi connectivity index (χ1n) is 10.9. The van der Waals surface area contributed by atoms with Crippen LogP contribution in [0.4, 0.5) is 5.82 Å². The summed E-state index contributed by atoms with van der Waals surface area (Å²) in [6.45, 7) is 6.08. The fourth-order valence-electron chi connectivity index (χ4n) is 3.64. The van der Waals surface area contributed by atoms with Crippen LogP contribution >= 0.6 is 11.8 Å². The first-order valence-corrected chi connectivity index (χ1v) is 11.8. The topological polar surface area (TPSA) is 96.1 Å². The Balaban J connectivity index is 1.45. The molecular formula is C24H24N6O3S.